The second-order valence-electron chi connectivity index (χ2n) is 7.08. The molecule has 1 aliphatic carbocycles. The molecule has 8 heteroatoms. The van der Waals surface area contributed by atoms with Gasteiger partial charge in [0.05, 0.1) is 0 Å². The zero-order chi connectivity index (χ0) is 16.5. The minimum atomic E-state index is -0.146. The highest BCUT2D eigenvalue weighted by Crippen LogP contribution is 2.43. The van der Waals surface area contributed by atoms with Crippen LogP contribution in [0.5, 0.6) is 0 Å². The van der Waals surface area contributed by atoms with E-state index in [9.17, 15) is 9.59 Å². The van der Waals surface area contributed by atoms with Crippen molar-refractivity contribution in [3.63, 3.8) is 0 Å². The molecule has 2 unspecified atom stereocenters. The average Bonchev–Trinajstić information content (AvgIpc) is 2.98. The molecule has 2 amide bonds. The van der Waals surface area contributed by atoms with Gasteiger partial charge in [-0.15, -0.1) is 10.2 Å². The van der Waals surface area contributed by atoms with Crippen LogP contribution in [-0.4, -0.2) is 48.2 Å². The number of nitrogens with zero attached hydrogens (tertiary/aromatic N) is 3. The number of nitrogens with one attached hydrogen (secondary N) is 2. The van der Waals surface area contributed by atoms with E-state index in [-0.39, 0.29) is 17.7 Å². The van der Waals surface area contributed by atoms with E-state index in [1.54, 1.807) is 11.3 Å². The van der Waals surface area contributed by atoms with E-state index in [1.807, 2.05) is 0 Å². The second kappa shape index (κ2) is 6.66. The smallest absolute Gasteiger partial charge is 0.223 e. The summed E-state index contributed by atoms with van der Waals surface area (Å²) in [5, 5.41) is 16.6. The van der Waals surface area contributed by atoms with Crippen LogP contribution in [0.15, 0.2) is 0 Å². The van der Waals surface area contributed by atoms with Gasteiger partial charge in [0.1, 0.15) is 5.01 Å². The van der Waals surface area contributed by atoms with E-state index < -0.39 is 0 Å². The van der Waals surface area contributed by atoms with Crippen molar-refractivity contribution in [3.05, 3.63) is 5.01 Å². The van der Waals surface area contributed by atoms with Crippen LogP contribution in [-0.2, 0) is 9.59 Å². The summed E-state index contributed by atoms with van der Waals surface area (Å²) >= 11 is 1.72. The molecule has 2 saturated heterocycles. The molecule has 0 aromatic carbocycles. The van der Waals surface area contributed by atoms with Gasteiger partial charge in [-0.3, -0.25) is 9.59 Å². The van der Waals surface area contributed by atoms with Crippen molar-refractivity contribution in [3.8, 4) is 0 Å². The number of hydrogen-bond acceptors (Lipinski definition) is 6. The number of anilines is 1. The summed E-state index contributed by atoms with van der Waals surface area (Å²) in [4.78, 5) is 25.8. The molecule has 4 rings (SSSR count). The van der Waals surface area contributed by atoms with Gasteiger partial charge in [0.15, 0.2) is 0 Å². The van der Waals surface area contributed by atoms with Crippen LogP contribution in [0, 0.1) is 11.8 Å². The van der Waals surface area contributed by atoms with E-state index in [4.69, 9.17) is 0 Å². The van der Waals surface area contributed by atoms with Gasteiger partial charge in [-0.2, -0.15) is 0 Å². The maximum absolute atomic E-state index is 12.0. The van der Waals surface area contributed by atoms with Gasteiger partial charge < -0.3 is 15.5 Å². The Hall–Kier alpha value is -1.70. The first-order chi connectivity index (χ1) is 11.7. The zero-order valence-corrected chi connectivity index (χ0v) is 14.5. The van der Waals surface area contributed by atoms with Crippen LogP contribution in [0.4, 0.5) is 5.13 Å². The zero-order valence-electron chi connectivity index (χ0n) is 13.7. The molecular weight excluding hydrogens is 326 g/mol. The topological polar surface area (TPSA) is 87.2 Å². The Balaban J connectivity index is 1.21. The first-order valence-electron chi connectivity index (χ1n) is 8.82. The summed E-state index contributed by atoms with van der Waals surface area (Å²) in [7, 11) is 0. The van der Waals surface area contributed by atoms with E-state index in [0.29, 0.717) is 31.3 Å². The van der Waals surface area contributed by atoms with Crippen molar-refractivity contribution in [2.24, 2.45) is 11.8 Å². The van der Waals surface area contributed by atoms with Crippen molar-refractivity contribution in [2.75, 3.05) is 31.1 Å². The number of amides is 2. The number of carbonyl (C=O) groups excluding carboxylic acids is 2. The van der Waals surface area contributed by atoms with Gasteiger partial charge in [-0.1, -0.05) is 11.3 Å². The van der Waals surface area contributed by atoms with Gasteiger partial charge in [0.25, 0.3) is 0 Å². The maximum Gasteiger partial charge on any atom is 0.223 e. The van der Waals surface area contributed by atoms with Gasteiger partial charge in [0, 0.05) is 44.4 Å². The minimum Gasteiger partial charge on any atom is -0.356 e. The summed E-state index contributed by atoms with van der Waals surface area (Å²) in [6.45, 7) is 3.27. The van der Waals surface area contributed by atoms with Crippen LogP contribution in [0.1, 0.15) is 43.0 Å². The Morgan fingerprint density at radius 3 is 2.92 bits per heavy atom. The lowest BCUT2D eigenvalue weighted by atomic mass is 10.0. The lowest BCUT2D eigenvalue weighted by Gasteiger charge is -2.15. The highest BCUT2D eigenvalue weighted by atomic mass is 32.1. The Morgan fingerprint density at radius 1 is 1.29 bits per heavy atom. The van der Waals surface area contributed by atoms with Crippen molar-refractivity contribution >= 4 is 28.3 Å². The molecule has 3 heterocycles. The molecule has 7 nitrogen and oxygen atoms in total. The minimum absolute atomic E-state index is 0.0116. The van der Waals surface area contributed by atoms with Crippen LogP contribution in [0.25, 0.3) is 0 Å². The molecule has 1 aromatic rings. The van der Waals surface area contributed by atoms with Crippen molar-refractivity contribution < 1.29 is 9.59 Å². The Kier molecular flexibility index (Phi) is 4.39. The molecule has 3 aliphatic rings. The van der Waals surface area contributed by atoms with Gasteiger partial charge in [-0.25, -0.2) is 0 Å². The molecule has 0 bridgehead atoms. The predicted molar refractivity (Wildman–Crippen MR) is 90.9 cm³/mol. The second-order valence-corrected chi connectivity index (χ2v) is 8.07. The van der Waals surface area contributed by atoms with Crippen LogP contribution in [0.3, 0.4) is 0 Å². The normalized spacial score (nSPS) is 26.7. The summed E-state index contributed by atoms with van der Waals surface area (Å²) in [6.07, 6.45) is 4.64. The Bertz CT molecular complexity index is 630. The number of hydrogen-bond donors (Lipinski definition) is 2. The SMILES string of the molecule is O=C(CC1CCNC1=O)NCC1CCN(c2nnc(C3CC3)s2)C1. The van der Waals surface area contributed by atoms with Crippen molar-refractivity contribution in [2.45, 2.75) is 38.0 Å². The molecule has 2 atom stereocenters. The van der Waals surface area contributed by atoms with E-state index in [0.717, 1.165) is 31.1 Å². The maximum atomic E-state index is 12.0. The highest BCUT2D eigenvalue weighted by molar-refractivity contribution is 7.15. The number of carbonyl (C=O) groups is 2. The van der Waals surface area contributed by atoms with E-state index >= 15 is 0 Å². The van der Waals surface area contributed by atoms with Crippen LogP contribution in [0.2, 0.25) is 0 Å². The van der Waals surface area contributed by atoms with E-state index in [2.05, 4.69) is 25.7 Å². The monoisotopic (exact) mass is 349 g/mol. The fourth-order valence-corrected chi connectivity index (χ4v) is 4.46. The third-order valence-electron chi connectivity index (χ3n) is 5.10. The van der Waals surface area contributed by atoms with Crippen molar-refractivity contribution in [1.29, 1.82) is 0 Å². The van der Waals surface area contributed by atoms with Crippen LogP contribution >= 0.6 is 11.3 Å². The molecule has 2 N–H and O–H groups in total. The predicted octanol–water partition coefficient (Wildman–Crippen LogP) is 0.884. The summed E-state index contributed by atoms with van der Waals surface area (Å²) < 4.78 is 0. The average molecular weight is 349 g/mol. The fraction of sp³-hybridized carbons (Fsp3) is 0.750. The third kappa shape index (κ3) is 3.53. The van der Waals surface area contributed by atoms with E-state index in [1.165, 1.54) is 17.8 Å². The van der Waals surface area contributed by atoms with Gasteiger partial charge in [0.2, 0.25) is 16.9 Å². The third-order valence-corrected chi connectivity index (χ3v) is 6.24. The van der Waals surface area contributed by atoms with Gasteiger partial charge in [-0.05, 0) is 31.6 Å². The number of rotatable bonds is 6. The summed E-state index contributed by atoms with van der Waals surface area (Å²) in [5.74, 6) is 0.955. The quantitative estimate of drug-likeness (QED) is 0.796. The molecule has 0 radical (unpaired) electrons. The standard InChI is InChI=1S/C16H23N5O2S/c22-13(7-12-3-5-17-14(12)23)18-8-10-4-6-21(9-10)16-20-19-15(24-16)11-1-2-11/h10-12H,1-9H2,(H,17,23)(H,18,22). The Labute approximate surface area is 145 Å². The first kappa shape index (κ1) is 15.8. The largest absolute Gasteiger partial charge is 0.356 e. The molecule has 0 spiro atoms. The highest BCUT2D eigenvalue weighted by Gasteiger charge is 2.31. The van der Waals surface area contributed by atoms with Crippen LogP contribution < -0.4 is 15.5 Å². The lowest BCUT2D eigenvalue weighted by Crippen LogP contribution is -2.33. The van der Waals surface area contributed by atoms with Crippen molar-refractivity contribution in [1.82, 2.24) is 20.8 Å². The molecular formula is C16H23N5O2S. The summed E-state index contributed by atoms with van der Waals surface area (Å²) in [5.41, 5.74) is 0. The fourth-order valence-electron chi connectivity index (χ4n) is 3.42. The molecule has 1 aromatic heterocycles. The lowest BCUT2D eigenvalue weighted by molar-refractivity contribution is -0.128. The Morgan fingerprint density at radius 2 is 2.17 bits per heavy atom. The molecule has 24 heavy (non-hydrogen) atoms. The summed E-state index contributed by atoms with van der Waals surface area (Å²) in [6, 6.07) is 0. The molecule has 130 valence electrons. The molecule has 2 aliphatic heterocycles. The first-order valence-corrected chi connectivity index (χ1v) is 9.63. The number of aromatic nitrogens is 2. The van der Waals surface area contributed by atoms with Gasteiger partial charge >= 0.3 is 0 Å². The molecule has 3 fully saturated rings. The molecule has 1 saturated carbocycles.